The van der Waals surface area contributed by atoms with E-state index in [1.807, 2.05) is 0 Å². The van der Waals surface area contributed by atoms with Crippen LogP contribution in [0.1, 0.15) is 38.5 Å². The molecule has 1 saturated heterocycles. The summed E-state index contributed by atoms with van der Waals surface area (Å²) >= 11 is 0. The van der Waals surface area contributed by atoms with Gasteiger partial charge in [0.15, 0.2) is 0 Å². The third-order valence-electron chi connectivity index (χ3n) is 4.15. The molecule has 1 aliphatic heterocycles. The molecule has 2 rings (SSSR count). The molecule has 6 heteroatoms. The van der Waals surface area contributed by atoms with Gasteiger partial charge in [0.05, 0.1) is 12.5 Å². The van der Waals surface area contributed by atoms with Gasteiger partial charge in [0.1, 0.15) is 0 Å². The highest BCUT2D eigenvalue weighted by atomic mass is 16.5. The highest BCUT2D eigenvalue weighted by Crippen LogP contribution is 2.24. The van der Waals surface area contributed by atoms with Crippen LogP contribution >= 0.6 is 0 Å². The Labute approximate surface area is 119 Å². The lowest BCUT2D eigenvalue weighted by molar-refractivity contribution is -0.142. The number of nitrogens with one attached hydrogen (secondary N) is 1. The van der Waals surface area contributed by atoms with Gasteiger partial charge in [0.2, 0.25) is 0 Å². The lowest BCUT2D eigenvalue weighted by atomic mass is 9.95. The summed E-state index contributed by atoms with van der Waals surface area (Å²) in [4.78, 5) is 25.3. The minimum absolute atomic E-state index is 0.145. The molecule has 1 aliphatic carbocycles. The van der Waals surface area contributed by atoms with Crippen molar-refractivity contribution in [2.75, 3.05) is 26.3 Å². The van der Waals surface area contributed by atoms with Crippen LogP contribution in [0.2, 0.25) is 0 Å². The summed E-state index contributed by atoms with van der Waals surface area (Å²) in [5.41, 5.74) is 0. The quantitative estimate of drug-likeness (QED) is 0.752. The number of carboxylic acid groups (broad SMARTS) is 1. The van der Waals surface area contributed by atoms with Crippen LogP contribution in [0, 0.1) is 5.92 Å². The van der Waals surface area contributed by atoms with E-state index in [0.29, 0.717) is 32.7 Å². The molecule has 0 aromatic heterocycles. The summed E-state index contributed by atoms with van der Waals surface area (Å²) in [6.45, 7) is 2.50. The molecule has 6 nitrogen and oxygen atoms in total. The van der Waals surface area contributed by atoms with E-state index in [9.17, 15) is 14.7 Å². The van der Waals surface area contributed by atoms with Crippen molar-refractivity contribution in [1.82, 2.24) is 10.2 Å². The van der Waals surface area contributed by atoms with Crippen LogP contribution in [0.3, 0.4) is 0 Å². The molecule has 20 heavy (non-hydrogen) atoms. The normalized spacial score (nSPS) is 28.3. The minimum atomic E-state index is -0.795. The van der Waals surface area contributed by atoms with Crippen molar-refractivity contribution >= 4 is 12.0 Å². The fraction of sp³-hybridized carbons (Fsp3) is 0.857. The SMILES string of the molecule is O=C(O)C1CCCCCC1NC(=O)N1CCCOCC1. The molecule has 0 radical (unpaired) electrons. The number of aliphatic carboxylic acids is 1. The third kappa shape index (κ3) is 4.10. The predicted molar refractivity (Wildman–Crippen MR) is 73.5 cm³/mol. The van der Waals surface area contributed by atoms with Crippen molar-refractivity contribution < 1.29 is 19.4 Å². The monoisotopic (exact) mass is 284 g/mol. The van der Waals surface area contributed by atoms with E-state index in [2.05, 4.69) is 5.32 Å². The Hall–Kier alpha value is -1.30. The second kappa shape index (κ2) is 7.47. The number of amides is 2. The zero-order valence-corrected chi connectivity index (χ0v) is 11.8. The molecule has 2 unspecified atom stereocenters. The van der Waals surface area contributed by atoms with Crippen LogP contribution in [-0.2, 0) is 9.53 Å². The summed E-state index contributed by atoms with van der Waals surface area (Å²) in [5, 5.41) is 12.3. The maximum absolute atomic E-state index is 12.3. The fourth-order valence-corrected chi connectivity index (χ4v) is 2.98. The number of rotatable bonds is 2. The second-order valence-electron chi connectivity index (χ2n) is 5.59. The third-order valence-corrected chi connectivity index (χ3v) is 4.15. The minimum Gasteiger partial charge on any atom is -0.481 e. The predicted octanol–water partition coefficient (Wildman–Crippen LogP) is 1.45. The summed E-state index contributed by atoms with van der Waals surface area (Å²) in [7, 11) is 0. The molecule has 0 aromatic rings. The molecule has 2 N–H and O–H groups in total. The molecule has 0 aromatic carbocycles. The Bertz CT molecular complexity index is 340. The van der Waals surface area contributed by atoms with Gasteiger partial charge in [-0.25, -0.2) is 4.79 Å². The number of carbonyl (C=O) groups excluding carboxylic acids is 1. The van der Waals surface area contributed by atoms with Crippen molar-refractivity contribution in [3.63, 3.8) is 0 Å². The summed E-state index contributed by atoms with van der Waals surface area (Å²) in [6, 6.07) is -0.389. The molecule has 1 saturated carbocycles. The van der Waals surface area contributed by atoms with Crippen LogP contribution in [0.5, 0.6) is 0 Å². The highest BCUT2D eigenvalue weighted by Gasteiger charge is 2.31. The van der Waals surface area contributed by atoms with Crippen LogP contribution < -0.4 is 5.32 Å². The average molecular weight is 284 g/mol. The molecular weight excluding hydrogens is 260 g/mol. The second-order valence-corrected chi connectivity index (χ2v) is 5.59. The highest BCUT2D eigenvalue weighted by molar-refractivity contribution is 5.77. The Morgan fingerprint density at radius 3 is 2.65 bits per heavy atom. The molecule has 114 valence electrons. The molecule has 2 atom stereocenters. The molecule has 0 bridgehead atoms. The Morgan fingerprint density at radius 1 is 1.05 bits per heavy atom. The number of hydrogen-bond donors (Lipinski definition) is 2. The van der Waals surface area contributed by atoms with Gasteiger partial charge in [-0.3, -0.25) is 4.79 Å². The van der Waals surface area contributed by atoms with Crippen LogP contribution in [0.4, 0.5) is 4.79 Å². The lowest BCUT2D eigenvalue weighted by Crippen LogP contribution is -2.49. The molecule has 2 fully saturated rings. The fourth-order valence-electron chi connectivity index (χ4n) is 2.98. The number of carbonyl (C=O) groups is 2. The van der Waals surface area contributed by atoms with Crippen LogP contribution in [0.25, 0.3) is 0 Å². The zero-order valence-electron chi connectivity index (χ0n) is 11.8. The van der Waals surface area contributed by atoms with Gasteiger partial charge < -0.3 is 20.1 Å². The zero-order chi connectivity index (χ0) is 14.4. The smallest absolute Gasteiger partial charge is 0.317 e. The summed E-state index contributed by atoms with van der Waals surface area (Å²) in [5.74, 6) is -1.25. The topological polar surface area (TPSA) is 78.9 Å². The van der Waals surface area contributed by atoms with E-state index >= 15 is 0 Å². The number of urea groups is 1. The van der Waals surface area contributed by atoms with Gasteiger partial charge in [-0.2, -0.15) is 0 Å². The van der Waals surface area contributed by atoms with E-state index in [0.717, 1.165) is 32.1 Å². The molecule has 1 heterocycles. The van der Waals surface area contributed by atoms with E-state index in [4.69, 9.17) is 4.74 Å². The van der Waals surface area contributed by atoms with Crippen molar-refractivity contribution in [1.29, 1.82) is 0 Å². The summed E-state index contributed by atoms with van der Waals surface area (Å²) in [6.07, 6.45) is 5.21. The first kappa shape index (κ1) is 15.1. The van der Waals surface area contributed by atoms with E-state index in [-0.39, 0.29) is 12.1 Å². The molecule has 2 aliphatic rings. The molecule has 0 spiro atoms. The largest absolute Gasteiger partial charge is 0.481 e. The maximum atomic E-state index is 12.3. The first-order chi connectivity index (χ1) is 9.68. The Balaban J connectivity index is 1.94. The first-order valence-corrected chi connectivity index (χ1v) is 7.54. The van der Waals surface area contributed by atoms with Gasteiger partial charge in [0, 0.05) is 25.7 Å². The molecule has 2 amide bonds. The molecular formula is C14H24N2O4. The van der Waals surface area contributed by atoms with E-state index in [1.165, 1.54) is 0 Å². The van der Waals surface area contributed by atoms with Gasteiger partial charge in [-0.15, -0.1) is 0 Å². The first-order valence-electron chi connectivity index (χ1n) is 7.54. The lowest BCUT2D eigenvalue weighted by Gasteiger charge is -2.27. The van der Waals surface area contributed by atoms with Crippen LogP contribution in [0.15, 0.2) is 0 Å². The number of nitrogens with zero attached hydrogens (tertiary/aromatic N) is 1. The van der Waals surface area contributed by atoms with Gasteiger partial charge >= 0.3 is 12.0 Å². The van der Waals surface area contributed by atoms with E-state index in [1.54, 1.807) is 4.90 Å². The average Bonchev–Trinajstić information content (AvgIpc) is 2.80. The van der Waals surface area contributed by atoms with Gasteiger partial charge in [0.25, 0.3) is 0 Å². The van der Waals surface area contributed by atoms with E-state index < -0.39 is 11.9 Å². The van der Waals surface area contributed by atoms with Crippen molar-refractivity contribution in [3.05, 3.63) is 0 Å². The Morgan fingerprint density at radius 2 is 1.85 bits per heavy atom. The van der Waals surface area contributed by atoms with Crippen molar-refractivity contribution in [2.45, 2.75) is 44.6 Å². The summed E-state index contributed by atoms with van der Waals surface area (Å²) < 4.78 is 5.33. The standard InChI is InChI=1S/C14H24N2O4/c17-13(18)11-5-2-1-3-6-12(11)15-14(19)16-7-4-9-20-10-8-16/h11-12H,1-10H2,(H,15,19)(H,17,18). The van der Waals surface area contributed by atoms with Crippen molar-refractivity contribution in [3.8, 4) is 0 Å². The van der Waals surface area contributed by atoms with Gasteiger partial charge in [-0.05, 0) is 19.3 Å². The van der Waals surface area contributed by atoms with Crippen LogP contribution in [-0.4, -0.2) is 54.4 Å². The number of ether oxygens (including phenoxy) is 1. The van der Waals surface area contributed by atoms with Gasteiger partial charge in [-0.1, -0.05) is 19.3 Å². The Kier molecular flexibility index (Phi) is 5.64. The number of carboxylic acids is 1. The van der Waals surface area contributed by atoms with Crippen molar-refractivity contribution in [2.24, 2.45) is 5.92 Å². The number of hydrogen-bond acceptors (Lipinski definition) is 3. The maximum Gasteiger partial charge on any atom is 0.317 e.